The number of aryl methyl sites for hydroxylation is 1. The average Bonchev–Trinajstić information content (AvgIpc) is 3.04. The Kier molecular flexibility index (Phi) is 6.97. The molecule has 138 valence electrons. The first-order chi connectivity index (χ1) is 12.4. The third-order valence-electron chi connectivity index (χ3n) is 3.52. The van der Waals surface area contributed by atoms with Crippen LogP contribution in [0.3, 0.4) is 0 Å². The zero-order valence-electron chi connectivity index (χ0n) is 14.8. The molecule has 0 radical (unpaired) electrons. The van der Waals surface area contributed by atoms with E-state index in [2.05, 4.69) is 10.5 Å². The molecule has 0 saturated heterocycles. The van der Waals surface area contributed by atoms with Crippen molar-refractivity contribution in [1.82, 2.24) is 5.16 Å². The summed E-state index contributed by atoms with van der Waals surface area (Å²) in [7, 11) is 0. The van der Waals surface area contributed by atoms with Crippen LogP contribution in [0, 0.1) is 6.92 Å². The van der Waals surface area contributed by atoms with Gasteiger partial charge in [-0.2, -0.15) is 0 Å². The number of esters is 1. The Hall–Kier alpha value is -2.61. The molecule has 1 N–H and O–H groups in total. The first-order valence-electron chi connectivity index (χ1n) is 8.00. The quantitative estimate of drug-likeness (QED) is 0.429. The first kappa shape index (κ1) is 19.7. The molecular formula is C18H20N2O5S. The molecule has 1 aromatic heterocycles. The van der Waals surface area contributed by atoms with Gasteiger partial charge in [-0.3, -0.25) is 14.4 Å². The Morgan fingerprint density at radius 2 is 1.92 bits per heavy atom. The van der Waals surface area contributed by atoms with Gasteiger partial charge in [0, 0.05) is 22.9 Å². The van der Waals surface area contributed by atoms with Crippen LogP contribution in [0.15, 0.2) is 39.8 Å². The highest BCUT2D eigenvalue weighted by Crippen LogP contribution is 2.16. The second-order valence-electron chi connectivity index (χ2n) is 5.60. The van der Waals surface area contributed by atoms with Crippen molar-refractivity contribution < 1.29 is 23.6 Å². The Bertz CT molecular complexity index is 785. The maximum atomic E-state index is 12.1. The van der Waals surface area contributed by atoms with Gasteiger partial charge < -0.3 is 14.6 Å². The molecule has 0 aliphatic carbocycles. The van der Waals surface area contributed by atoms with Crippen molar-refractivity contribution in [2.45, 2.75) is 37.7 Å². The molecular weight excluding hydrogens is 356 g/mol. The highest BCUT2D eigenvalue weighted by Gasteiger charge is 2.20. The Labute approximate surface area is 155 Å². The van der Waals surface area contributed by atoms with Crippen LogP contribution in [-0.2, 0) is 14.3 Å². The van der Waals surface area contributed by atoms with Crippen molar-refractivity contribution in [1.29, 1.82) is 0 Å². The molecule has 7 nitrogen and oxygen atoms in total. The van der Waals surface area contributed by atoms with E-state index in [1.807, 2.05) is 18.4 Å². The molecule has 0 fully saturated rings. The summed E-state index contributed by atoms with van der Waals surface area (Å²) in [5, 5.41) is 6.11. The lowest BCUT2D eigenvalue weighted by molar-refractivity contribution is -0.153. The molecule has 2 rings (SSSR count). The van der Waals surface area contributed by atoms with Gasteiger partial charge in [0.2, 0.25) is 0 Å². The Balaban J connectivity index is 1.77. The van der Waals surface area contributed by atoms with Gasteiger partial charge in [-0.15, -0.1) is 11.8 Å². The minimum atomic E-state index is -1.00. The molecule has 1 heterocycles. The molecule has 0 aliphatic rings. The van der Waals surface area contributed by atoms with Gasteiger partial charge >= 0.3 is 5.97 Å². The number of hydrogen-bond acceptors (Lipinski definition) is 7. The molecule has 1 aromatic carbocycles. The molecule has 0 saturated carbocycles. The van der Waals surface area contributed by atoms with Crippen LogP contribution in [0.5, 0.6) is 0 Å². The SMILES string of the molecule is CSc1ccc(C(=O)CCC(=O)OC(C)C(=O)Nc2cc(C)on2)cc1. The number of anilines is 1. The maximum absolute atomic E-state index is 12.1. The van der Waals surface area contributed by atoms with Crippen LogP contribution in [-0.4, -0.2) is 35.2 Å². The van der Waals surface area contributed by atoms with Crippen LogP contribution in [0.1, 0.15) is 35.9 Å². The molecule has 2 aromatic rings. The van der Waals surface area contributed by atoms with Crippen molar-refractivity contribution in [2.75, 3.05) is 11.6 Å². The number of thioether (sulfide) groups is 1. The lowest BCUT2D eigenvalue weighted by Crippen LogP contribution is -2.30. The minimum absolute atomic E-state index is 0.0221. The summed E-state index contributed by atoms with van der Waals surface area (Å²) in [4.78, 5) is 37.0. The van der Waals surface area contributed by atoms with E-state index in [0.717, 1.165) is 4.90 Å². The molecule has 0 bridgehead atoms. The number of rotatable bonds is 8. The number of aromatic nitrogens is 1. The number of ketones is 1. The standard InChI is InChI=1S/C18H20N2O5S/c1-11-10-16(20-25-11)19-18(23)12(2)24-17(22)9-8-15(21)13-4-6-14(26-3)7-5-13/h4-7,10,12H,8-9H2,1-3H3,(H,19,20,23). The van der Waals surface area contributed by atoms with Gasteiger partial charge in [-0.1, -0.05) is 17.3 Å². The molecule has 1 unspecified atom stereocenters. The summed E-state index contributed by atoms with van der Waals surface area (Å²) in [6.07, 6.45) is 0.877. The number of benzene rings is 1. The zero-order valence-corrected chi connectivity index (χ0v) is 15.6. The second kappa shape index (κ2) is 9.19. The fourth-order valence-corrected chi connectivity index (χ4v) is 2.51. The number of hydrogen-bond donors (Lipinski definition) is 1. The van der Waals surface area contributed by atoms with Gasteiger partial charge in [0.25, 0.3) is 5.91 Å². The van der Waals surface area contributed by atoms with Crippen molar-refractivity contribution in [3.8, 4) is 0 Å². The van der Waals surface area contributed by atoms with Crippen molar-refractivity contribution in [2.24, 2.45) is 0 Å². The number of nitrogens with zero attached hydrogens (tertiary/aromatic N) is 1. The largest absolute Gasteiger partial charge is 0.453 e. The Morgan fingerprint density at radius 1 is 1.23 bits per heavy atom. The highest BCUT2D eigenvalue weighted by atomic mass is 32.2. The lowest BCUT2D eigenvalue weighted by Gasteiger charge is -2.12. The third kappa shape index (κ3) is 5.73. The first-order valence-corrected chi connectivity index (χ1v) is 9.22. The van der Waals surface area contributed by atoms with Gasteiger partial charge in [0.15, 0.2) is 17.7 Å². The minimum Gasteiger partial charge on any atom is -0.453 e. The predicted molar refractivity (Wildman–Crippen MR) is 97.2 cm³/mol. The molecule has 1 atom stereocenters. The molecule has 0 aliphatic heterocycles. The van der Waals surface area contributed by atoms with Gasteiger partial charge in [0.1, 0.15) is 5.76 Å². The summed E-state index contributed by atoms with van der Waals surface area (Å²) < 4.78 is 9.89. The van der Waals surface area contributed by atoms with Gasteiger partial charge in [-0.05, 0) is 32.2 Å². The number of nitrogens with one attached hydrogen (secondary N) is 1. The molecule has 1 amide bonds. The summed E-state index contributed by atoms with van der Waals surface area (Å²) in [6, 6.07) is 8.72. The third-order valence-corrected chi connectivity index (χ3v) is 4.27. The molecule has 0 spiro atoms. The Morgan fingerprint density at radius 3 is 2.50 bits per heavy atom. The summed E-state index contributed by atoms with van der Waals surface area (Å²) in [5.41, 5.74) is 0.544. The van der Waals surface area contributed by atoms with Crippen LogP contribution in [0.25, 0.3) is 0 Å². The molecule has 8 heteroatoms. The monoisotopic (exact) mass is 376 g/mol. The number of Topliss-reactive ketones (excluding diaryl/α,β-unsaturated/α-hetero) is 1. The van der Waals surface area contributed by atoms with E-state index >= 15 is 0 Å². The van der Waals surface area contributed by atoms with E-state index in [9.17, 15) is 14.4 Å². The van der Waals surface area contributed by atoms with E-state index in [1.165, 1.54) is 6.92 Å². The number of ether oxygens (including phenoxy) is 1. The maximum Gasteiger partial charge on any atom is 0.307 e. The average molecular weight is 376 g/mol. The van der Waals surface area contributed by atoms with Gasteiger partial charge in [0.05, 0.1) is 6.42 Å². The number of carbonyl (C=O) groups is 3. The second-order valence-corrected chi connectivity index (χ2v) is 6.48. The smallest absolute Gasteiger partial charge is 0.307 e. The summed E-state index contributed by atoms with van der Waals surface area (Å²) in [6.45, 7) is 3.14. The number of amides is 1. The van der Waals surface area contributed by atoms with Crippen LogP contribution < -0.4 is 5.32 Å². The topological polar surface area (TPSA) is 98.5 Å². The molecule has 26 heavy (non-hydrogen) atoms. The fourth-order valence-electron chi connectivity index (χ4n) is 2.10. The highest BCUT2D eigenvalue weighted by molar-refractivity contribution is 7.98. The summed E-state index contributed by atoms with van der Waals surface area (Å²) in [5.74, 6) is -0.484. The van der Waals surface area contributed by atoms with Gasteiger partial charge in [-0.25, -0.2) is 0 Å². The van der Waals surface area contributed by atoms with E-state index < -0.39 is 18.0 Å². The normalized spacial score (nSPS) is 11.7. The summed E-state index contributed by atoms with van der Waals surface area (Å²) >= 11 is 1.59. The van der Waals surface area contributed by atoms with E-state index in [0.29, 0.717) is 11.3 Å². The van der Waals surface area contributed by atoms with Crippen LogP contribution in [0.2, 0.25) is 0 Å². The zero-order chi connectivity index (χ0) is 19.1. The number of carbonyl (C=O) groups excluding carboxylic acids is 3. The van der Waals surface area contributed by atoms with Crippen molar-refractivity contribution in [3.05, 3.63) is 41.7 Å². The van der Waals surface area contributed by atoms with Crippen LogP contribution in [0.4, 0.5) is 5.82 Å². The predicted octanol–water partition coefficient (Wildman–Crippen LogP) is 3.24. The van der Waals surface area contributed by atoms with Crippen molar-refractivity contribution >= 4 is 35.2 Å². The lowest BCUT2D eigenvalue weighted by atomic mass is 10.1. The van der Waals surface area contributed by atoms with Crippen LogP contribution >= 0.6 is 11.8 Å². The van der Waals surface area contributed by atoms with Crippen molar-refractivity contribution in [3.63, 3.8) is 0 Å². The van der Waals surface area contributed by atoms with E-state index in [-0.39, 0.29) is 24.4 Å². The van der Waals surface area contributed by atoms with E-state index in [4.69, 9.17) is 9.26 Å². The fraction of sp³-hybridized carbons (Fsp3) is 0.333. The van der Waals surface area contributed by atoms with E-state index in [1.54, 1.807) is 36.9 Å².